The molecule has 34 heavy (non-hydrogen) atoms. The van der Waals surface area contributed by atoms with Gasteiger partial charge in [0.2, 0.25) is 5.91 Å². The standard InChI is InChI=1S/C27H37N3O3S/c1-20(2)16-17-30(25(19-34-21(3)31)23-14-10-7-11-15-23)27(33)28-24(26(32)29(4)5)18-22-12-8-6-9-13-22/h6-15,20,24-25H,16-19H2,1-5H3,(H,28,33)/t24-,25?/m0/s1. The second kappa shape index (κ2) is 13.8. The van der Waals surface area contributed by atoms with Gasteiger partial charge in [-0.25, -0.2) is 4.79 Å². The molecule has 184 valence electrons. The lowest BCUT2D eigenvalue weighted by Gasteiger charge is -2.34. The van der Waals surface area contributed by atoms with Crippen molar-refractivity contribution in [3.05, 3.63) is 71.8 Å². The van der Waals surface area contributed by atoms with E-state index in [-0.39, 0.29) is 23.1 Å². The van der Waals surface area contributed by atoms with Crippen LogP contribution in [-0.4, -0.2) is 59.3 Å². The zero-order valence-electron chi connectivity index (χ0n) is 20.9. The number of thioether (sulfide) groups is 1. The molecule has 0 bridgehead atoms. The zero-order chi connectivity index (χ0) is 25.1. The smallest absolute Gasteiger partial charge is 0.318 e. The van der Waals surface area contributed by atoms with Crippen LogP contribution in [0, 0.1) is 5.92 Å². The maximum absolute atomic E-state index is 13.7. The number of likely N-dealkylation sites (N-methyl/N-ethyl adjacent to an activating group) is 1. The summed E-state index contributed by atoms with van der Waals surface area (Å²) in [4.78, 5) is 41.7. The van der Waals surface area contributed by atoms with Crippen LogP contribution >= 0.6 is 11.8 Å². The van der Waals surface area contributed by atoms with Crippen LogP contribution < -0.4 is 5.32 Å². The van der Waals surface area contributed by atoms with Gasteiger partial charge in [-0.2, -0.15) is 0 Å². The summed E-state index contributed by atoms with van der Waals surface area (Å²) in [5, 5.41) is 3.02. The molecule has 2 aromatic rings. The Morgan fingerprint density at radius 2 is 1.53 bits per heavy atom. The van der Waals surface area contributed by atoms with Gasteiger partial charge < -0.3 is 15.1 Å². The molecule has 0 aliphatic heterocycles. The van der Waals surface area contributed by atoms with Crippen LogP contribution in [0.5, 0.6) is 0 Å². The summed E-state index contributed by atoms with van der Waals surface area (Å²) in [6.45, 7) is 6.30. The van der Waals surface area contributed by atoms with Crippen LogP contribution in [0.4, 0.5) is 4.79 Å². The summed E-state index contributed by atoms with van der Waals surface area (Å²) in [5.74, 6) is 0.696. The van der Waals surface area contributed by atoms with E-state index in [0.717, 1.165) is 17.5 Å². The summed E-state index contributed by atoms with van der Waals surface area (Å²) in [5.41, 5.74) is 1.94. The van der Waals surface area contributed by atoms with Crippen LogP contribution in [0.1, 0.15) is 44.4 Å². The highest BCUT2D eigenvalue weighted by Crippen LogP contribution is 2.27. The Bertz CT molecular complexity index is 919. The number of hydrogen-bond acceptors (Lipinski definition) is 4. The third kappa shape index (κ3) is 8.86. The van der Waals surface area contributed by atoms with Gasteiger partial charge in [0.25, 0.3) is 0 Å². The van der Waals surface area contributed by atoms with Gasteiger partial charge in [-0.15, -0.1) is 0 Å². The number of nitrogens with zero attached hydrogens (tertiary/aromatic N) is 2. The fourth-order valence-corrected chi connectivity index (χ4v) is 4.39. The number of hydrogen-bond donors (Lipinski definition) is 1. The van der Waals surface area contributed by atoms with Gasteiger partial charge in [0.15, 0.2) is 5.12 Å². The first-order valence-corrected chi connectivity index (χ1v) is 12.7. The van der Waals surface area contributed by atoms with Crippen molar-refractivity contribution in [2.24, 2.45) is 5.92 Å². The fourth-order valence-electron chi connectivity index (χ4n) is 3.63. The number of carbonyl (C=O) groups is 3. The lowest BCUT2D eigenvalue weighted by molar-refractivity contribution is -0.130. The van der Waals surface area contributed by atoms with Crippen LogP contribution in [-0.2, 0) is 16.0 Å². The maximum atomic E-state index is 13.7. The summed E-state index contributed by atoms with van der Waals surface area (Å²) in [6, 6.07) is 18.2. The third-order valence-electron chi connectivity index (χ3n) is 5.53. The van der Waals surface area contributed by atoms with Gasteiger partial charge in [0, 0.05) is 39.7 Å². The highest BCUT2D eigenvalue weighted by molar-refractivity contribution is 8.13. The monoisotopic (exact) mass is 483 g/mol. The Morgan fingerprint density at radius 3 is 2.06 bits per heavy atom. The Labute approximate surface area is 208 Å². The molecule has 2 rings (SSSR count). The lowest BCUT2D eigenvalue weighted by atomic mass is 10.0. The van der Waals surface area contributed by atoms with E-state index in [2.05, 4.69) is 19.2 Å². The van der Waals surface area contributed by atoms with Crippen LogP contribution in [0.25, 0.3) is 0 Å². The molecule has 0 aliphatic rings. The molecule has 0 radical (unpaired) electrons. The zero-order valence-corrected chi connectivity index (χ0v) is 21.7. The SMILES string of the molecule is CC(=O)SCC(c1ccccc1)N(CCC(C)C)C(=O)N[C@@H](Cc1ccccc1)C(=O)N(C)C. The van der Waals surface area contributed by atoms with E-state index in [1.807, 2.05) is 60.7 Å². The van der Waals surface area contributed by atoms with E-state index < -0.39 is 6.04 Å². The minimum absolute atomic E-state index is 0.00916. The van der Waals surface area contributed by atoms with Gasteiger partial charge in [0.1, 0.15) is 6.04 Å². The summed E-state index contributed by atoms with van der Waals surface area (Å²) in [6.07, 6.45) is 1.21. The van der Waals surface area contributed by atoms with Crippen molar-refractivity contribution in [1.82, 2.24) is 15.1 Å². The van der Waals surface area contributed by atoms with Crippen molar-refractivity contribution >= 4 is 28.8 Å². The summed E-state index contributed by atoms with van der Waals surface area (Å²) < 4.78 is 0. The van der Waals surface area contributed by atoms with E-state index in [0.29, 0.717) is 24.6 Å². The molecular formula is C27H37N3O3S. The van der Waals surface area contributed by atoms with E-state index in [4.69, 9.17) is 0 Å². The summed E-state index contributed by atoms with van der Waals surface area (Å²) in [7, 11) is 3.39. The Balaban J connectivity index is 2.35. The van der Waals surface area contributed by atoms with E-state index in [1.54, 1.807) is 19.0 Å². The summed E-state index contributed by atoms with van der Waals surface area (Å²) >= 11 is 1.21. The molecule has 3 amide bonds. The molecular weight excluding hydrogens is 446 g/mol. The quantitative estimate of drug-likeness (QED) is 0.500. The Hall–Kier alpha value is -2.80. The molecule has 0 saturated carbocycles. The van der Waals surface area contributed by atoms with Crippen molar-refractivity contribution in [2.45, 2.75) is 45.7 Å². The fraction of sp³-hybridized carbons (Fsp3) is 0.444. The van der Waals surface area contributed by atoms with Crippen molar-refractivity contribution in [1.29, 1.82) is 0 Å². The molecule has 2 aromatic carbocycles. The number of urea groups is 1. The maximum Gasteiger partial charge on any atom is 0.318 e. The van der Waals surface area contributed by atoms with Crippen LogP contribution in [0.15, 0.2) is 60.7 Å². The molecule has 0 heterocycles. The van der Waals surface area contributed by atoms with Gasteiger partial charge in [-0.1, -0.05) is 86.3 Å². The number of rotatable bonds is 11. The number of carbonyl (C=O) groups excluding carboxylic acids is 3. The Morgan fingerprint density at radius 1 is 0.941 bits per heavy atom. The second-order valence-electron chi connectivity index (χ2n) is 9.03. The van der Waals surface area contributed by atoms with E-state index in [9.17, 15) is 14.4 Å². The van der Waals surface area contributed by atoms with E-state index in [1.165, 1.54) is 23.6 Å². The molecule has 2 atom stereocenters. The largest absolute Gasteiger partial charge is 0.347 e. The Kier molecular flexibility index (Phi) is 11.1. The first-order chi connectivity index (χ1) is 16.2. The van der Waals surface area contributed by atoms with Gasteiger partial charge >= 0.3 is 6.03 Å². The van der Waals surface area contributed by atoms with Crippen molar-refractivity contribution in [3.63, 3.8) is 0 Å². The number of nitrogens with one attached hydrogen (secondary N) is 1. The highest BCUT2D eigenvalue weighted by Gasteiger charge is 2.30. The number of benzene rings is 2. The second-order valence-corrected chi connectivity index (χ2v) is 10.2. The van der Waals surface area contributed by atoms with Gasteiger partial charge in [-0.05, 0) is 23.5 Å². The van der Waals surface area contributed by atoms with Crippen molar-refractivity contribution < 1.29 is 14.4 Å². The molecule has 6 nitrogen and oxygen atoms in total. The lowest BCUT2D eigenvalue weighted by Crippen LogP contribution is -2.53. The minimum atomic E-state index is -0.691. The average Bonchev–Trinajstić information content (AvgIpc) is 2.81. The van der Waals surface area contributed by atoms with Crippen LogP contribution in [0.2, 0.25) is 0 Å². The molecule has 1 unspecified atom stereocenters. The number of amides is 3. The topological polar surface area (TPSA) is 69.7 Å². The minimum Gasteiger partial charge on any atom is -0.347 e. The molecule has 1 N–H and O–H groups in total. The van der Waals surface area contributed by atoms with Crippen molar-refractivity contribution in [3.8, 4) is 0 Å². The van der Waals surface area contributed by atoms with Gasteiger partial charge in [-0.3, -0.25) is 9.59 Å². The molecule has 0 aliphatic carbocycles. The molecule has 0 fully saturated rings. The molecule has 0 spiro atoms. The molecule has 0 saturated heterocycles. The first-order valence-electron chi connectivity index (χ1n) is 11.7. The highest BCUT2D eigenvalue weighted by atomic mass is 32.2. The van der Waals surface area contributed by atoms with Gasteiger partial charge in [0.05, 0.1) is 6.04 Å². The normalized spacial score (nSPS) is 12.6. The first kappa shape index (κ1) is 27.4. The molecule has 0 aromatic heterocycles. The predicted octanol–water partition coefficient (Wildman–Crippen LogP) is 4.76. The van der Waals surface area contributed by atoms with E-state index >= 15 is 0 Å². The average molecular weight is 484 g/mol. The molecule has 7 heteroatoms. The van der Waals surface area contributed by atoms with Crippen LogP contribution in [0.3, 0.4) is 0 Å². The van der Waals surface area contributed by atoms with Crippen molar-refractivity contribution in [2.75, 3.05) is 26.4 Å². The predicted molar refractivity (Wildman–Crippen MR) is 140 cm³/mol. The third-order valence-corrected chi connectivity index (χ3v) is 6.42.